The Balaban J connectivity index is 2.20. The third-order valence-corrected chi connectivity index (χ3v) is 3.30. The highest BCUT2D eigenvalue weighted by molar-refractivity contribution is 5.78. The minimum atomic E-state index is -0.381. The second-order valence-corrected chi connectivity index (χ2v) is 4.45. The first kappa shape index (κ1) is 13.6. The molecule has 0 unspecified atom stereocenters. The molecule has 4 heteroatoms. The summed E-state index contributed by atoms with van der Waals surface area (Å²) in [6.45, 7) is 4.98. The van der Waals surface area contributed by atoms with Gasteiger partial charge in [0.15, 0.2) is 0 Å². The van der Waals surface area contributed by atoms with Crippen LogP contribution in [-0.4, -0.2) is 24.1 Å². The van der Waals surface area contributed by atoms with Gasteiger partial charge in [-0.1, -0.05) is 6.07 Å². The lowest BCUT2D eigenvalue weighted by molar-refractivity contribution is 0.148. The SMILES string of the molecule is CCN(CC)C(=O)OC1=CCCc2ccc(F)cc21. The first-order valence-corrected chi connectivity index (χ1v) is 6.61. The summed E-state index contributed by atoms with van der Waals surface area (Å²) in [5, 5.41) is 0. The first-order valence-electron chi connectivity index (χ1n) is 6.61. The van der Waals surface area contributed by atoms with Crippen LogP contribution >= 0.6 is 0 Å². The van der Waals surface area contributed by atoms with Crippen molar-refractivity contribution in [1.29, 1.82) is 0 Å². The molecular weight excluding hydrogens is 245 g/mol. The van der Waals surface area contributed by atoms with Gasteiger partial charge in [0.25, 0.3) is 0 Å². The van der Waals surface area contributed by atoms with Gasteiger partial charge >= 0.3 is 6.09 Å². The molecule has 1 aromatic rings. The van der Waals surface area contributed by atoms with Gasteiger partial charge in [0.05, 0.1) is 0 Å². The van der Waals surface area contributed by atoms with Gasteiger partial charge in [0.1, 0.15) is 11.6 Å². The van der Waals surface area contributed by atoms with E-state index in [0.717, 1.165) is 18.4 Å². The zero-order chi connectivity index (χ0) is 13.8. The van der Waals surface area contributed by atoms with E-state index in [-0.39, 0.29) is 11.9 Å². The van der Waals surface area contributed by atoms with E-state index in [1.807, 2.05) is 19.9 Å². The zero-order valence-electron chi connectivity index (χ0n) is 11.3. The normalized spacial score (nSPS) is 13.5. The summed E-state index contributed by atoms with van der Waals surface area (Å²) in [4.78, 5) is 13.5. The van der Waals surface area contributed by atoms with Gasteiger partial charge in [-0.15, -0.1) is 0 Å². The van der Waals surface area contributed by atoms with Crippen LogP contribution in [0.25, 0.3) is 5.76 Å². The summed E-state index contributed by atoms with van der Waals surface area (Å²) < 4.78 is 18.7. The van der Waals surface area contributed by atoms with E-state index in [2.05, 4.69) is 0 Å². The maximum atomic E-state index is 13.3. The van der Waals surface area contributed by atoms with Crippen molar-refractivity contribution in [2.24, 2.45) is 0 Å². The number of carbonyl (C=O) groups excluding carboxylic acids is 1. The molecule has 0 heterocycles. The molecule has 2 rings (SSSR count). The number of rotatable bonds is 3. The predicted octanol–water partition coefficient (Wildman–Crippen LogP) is 3.59. The number of nitrogens with zero attached hydrogens (tertiary/aromatic N) is 1. The van der Waals surface area contributed by atoms with Crippen molar-refractivity contribution >= 4 is 11.9 Å². The standard InChI is InChI=1S/C15H18FNO2/c1-3-17(4-2)15(18)19-14-7-5-6-11-8-9-12(16)10-13(11)14/h7-10H,3-6H2,1-2H3. The van der Waals surface area contributed by atoms with Crippen molar-refractivity contribution in [2.45, 2.75) is 26.7 Å². The summed E-state index contributed by atoms with van der Waals surface area (Å²) in [6.07, 6.45) is 3.12. The van der Waals surface area contributed by atoms with E-state index < -0.39 is 0 Å². The van der Waals surface area contributed by atoms with E-state index in [9.17, 15) is 9.18 Å². The number of hydrogen-bond donors (Lipinski definition) is 0. The molecule has 102 valence electrons. The summed E-state index contributed by atoms with van der Waals surface area (Å²) in [5.74, 6) is 0.156. The second-order valence-electron chi connectivity index (χ2n) is 4.45. The highest BCUT2D eigenvalue weighted by atomic mass is 19.1. The van der Waals surface area contributed by atoms with Crippen LogP contribution in [-0.2, 0) is 11.2 Å². The minimum Gasteiger partial charge on any atom is -0.410 e. The third-order valence-electron chi connectivity index (χ3n) is 3.30. The average Bonchev–Trinajstić information content (AvgIpc) is 2.41. The lowest BCUT2D eigenvalue weighted by Gasteiger charge is -2.22. The van der Waals surface area contributed by atoms with Crippen molar-refractivity contribution in [3.8, 4) is 0 Å². The molecule has 0 fully saturated rings. The molecule has 0 spiro atoms. The molecule has 0 aromatic heterocycles. The number of hydrogen-bond acceptors (Lipinski definition) is 2. The molecule has 0 atom stereocenters. The third kappa shape index (κ3) is 2.95. The zero-order valence-corrected chi connectivity index (χ0v) is 11.3. The van der Waals surface area contributed by atoms with E-state index in [4.69, 9.17) is 4.74 Å². The largest absolute Gasteiger partial charge is 0.415 e. The Hall–Kier alpha value is -1.84. The van der Waals surface area contributed by atoms with E-state index in [1.165, 1.54) is 12.1 Å². The molecule has 0 saturated heterocycles. The summed E-state index contributed by atoms with van der Waals surface area (Å²) in [5.41, 5.74) is 1.71. The Labute approximate surface area is 112 Å². The number of halogens is 1. The van der Waals surface area contributed by atoms with Crippen LogP contribution in [0.1, 0.15) is 31.4 Å². The number of fused-ring (bicyclic) bond motifs is 1. The monoisotopic (exact) mass is 263 g/mol. The molecule has 0 saturated carbocycles. The number of carbonyl (C=O) groups is 1. The van der Waals surface area contributed by atoms with Crippen LogP contribution in [0.2, 0.25) is 0 Å². The van der Waals surface area contributed by atoms with Crippen molar-refractivity contribution in [2.75, 3.05) is 13.1 Å². The Morgan fingerprint density at radius 2 is 2.11 bits per heavy atom. The summed E-state index contributed by atoms with van der Waals surface area (Å²) >= 11 is 0. The van der Waals surface area contributed by atoms with E-state index >= 15 is 0 Å². The molecule has 1 aliphatic rings. The smallest absolute Gasteiger partial charge is 0.410 e. The Morgan fingerprint density at radius 1 is 1.37 bits per heavy atom. The quantitative estimate of drug-likeness (QED) is 0.834. The summed E-state index contributed by atoms with van der Waals surface area (Å²) in [6, 6.07) is 4.62. The molecule has 0 bridgehead atoms. The molecule has 0 aliphatic heterocycles. The van der Waals surface area contributed by atoms with Crippen molar-refractivity contribution < 1.29 is 13.9 Å². The number of allylic oxidation sites excluding steroid dienone is 1. The fourth-order valence-corrected chi connectivity index (χ4v) is 2.20. The number of benzene rings is 1. The van der Waals surface area contributed by atoms with Crippen LogP contribution in [0, 0.1) is 5.82 Å². The molecule has 1 aliphatic carbocycles. The molecule has 0 radical (unpaired) electrons. The van der Waals surface area contributed by atoms with Crippen LogP contribution in [0.3, 0.4) is 0 Å². The van der Waals surface area contributed by atoms with Gasteiger partial charge in [-0.3, -0.25) is 0 Å². The fourth-order valence-electron chi connectivity index (χ4n) is 2.20. The van der Waals surface area contributed by atoms with Crippen molar-refractivity contribution in [1.82, 2.24) is 4.90 Å². The number of ether oxygens (including phenoxy) is 1. The van der Waals surface area contributed by atoms with Gasteiger partial charge in [-0.05, 0) is 50.5 Å². The molecule has 1 aromatic carbocycles. The van der Waals surface area contributed by atoms with Gasteiger partial charge < -0.3 is 9.64 Å². The minimum absolute atomic E-state index is 0.314. The molecule has 19 heavy (non-hydrogen) atoms. The second kappa shape index (κ2) is 5.87. The van der Waals surface area contributed by atoms with Crippen molar-refractivity contribution in [3.63, 3.8) is 0 Å². The van der Waals surface area contributed by atoms with Gasteiger partial charge in [-0.2, -0.15) is 0 Å². The Bertz CT molecular complexity index is 507. The molecule has 3 nitrogen and oxygen atoms in total. The van der Waals surface area contributed by atoms with Crippen molar-refractivity contribution in [3.05, 3.63) is 41.2 Å². The highest BCUT2D eigenvalue weighted by Crippen LogP contribution is 2.28. The maximum absolute atomic E-state index is 13.3. The average molecular weight is 263 g/mol. The fraction of sp³-hybridized carbons (Fsp3) is 0.400. The van der Waals surface area contributed by atoms with Crippen LogP contribution in [0.4, 0.5) is 9.18 Å². The van der Waals surface area contributed by atoms with E-state index in [1.54, 1.807) is 11.0 Å². The summed E-state index contributed by atoms with van der Waals surface area (Å²) in [7, 11) is 0. The van der Waals surface area contributed by atoms with Gasteiger partial charge in [0.2, 0.25) is 0 Å². The topological polar surface area (TPSA) is 29.5 Å². The predicted molar refractivity (Wildman–Crippen MR) is 72.1 cm³/mol. The van der Waals surface area contributed by atoms with Gasteiger partial charge in [-0.25, -0.2) is 9.18 Å². The lowest BCUT2D eigenvalue weighted by atomic mass is 9.96. The number of aryl methyl sites for hydroxylation is 1. The van der Waals surface area contributed by atoms with E-state index in [0.29, 0.717) is 24.4 Å². The maximum Gasteiger partial charge on any atom is 0.415 e. The molecule has 1 amide bonds. The lowest BCUT2D eigenvalue weighted by Crippen LogP contribution is -2.31. The molecular formula is C15H18FNO2. The Kier molecular flexibility index (Phi) is 4.20. The Morgan fingerprint density at radius 3 is 2.79 bits per heavy atom. The van der Waals surface area contributed by atoms with Crippen LogP contribution < -0.4 is 0 Å². The number of amides is 1. The van der Waals surface area contributed by atoms with Crippen LogP contribution in [0.15, 0.2) is 24.3 Å². The molecule has 0 N–H and O–H groups in total. The first-order chi connectivity index (χ1) is 9.15. The highest BCUT2D eigenvalue weighted by Gasteiger charge is 2.19. The van der Waals surface area contributed by atoms with Gasteiger partial charge in [0, 0.05) is 18.7 Å². The van der Waals surface area contributed by atoms with Crippen LogP contribution in [0.5, 0.6) is 0 Å².